The molecule has 8 nitrogen and oxygen atoms in total. The van der Waals surface area contributed by atoms with Crippen LogP contribution < -0.4 is 21.1 Å². The lowest BCUT2D eigenvalue weighted by molar-refractivity contribution is 0.0944. The van der Waals surface area contributed by atoms with Crippen LogP contribution in [0.15, 0.2) is 65.3 Å². The molecule has 1 aromatic heterocycles. The van der Waals surface area contributed by atoms with E-state index in [4.69, 9.17) is 22.1 Å². The average Bonchev–Trinajstić information content (AvgIpc) is 3.24. The van der Waals surface area contributed by atoms with E-state index in [-0.39, 0.29) is 11.5 Å². The highest BCUT2D eigenvalue weighted by Gasteiger charge is 2.15. The Kier molecular flexibility index (Phi) is 6.84. The minimum Gasteiger partial charge on any atom is -0.489 e. The Labute approximate surface area is 189 Å². The number of nitrogens with zero attached hydrogens (tertiary/aromatic N) is 2. The zero-order valence-electron chi connectivity index (χ0n) is 17.2. The maximum atomic E-state index is 12.0. The van der Waals surface area contributed by atoms with Gasteiger partial charge in [-0.25, -0.2) is 4.63 Å². The lowest BCUT2D eigenvalue weighted by Gasteiger charge is -2.15. The van der Waals surface area contributed by atoms with Crippen molar-refractivity contribution in [1.82, 2.24) is 20.9 Å². The van der Waals surface area contributed by atoms with Gasteiger partial charge in [-0.3, -0.25) is 4.79 Å². The van der Waals surface area contributed by atoms with E-state index in [1.54, 1.807) is 0 Å². The molecular weight excluding hydrogens is 430 g/mol. The van der Waals surface area contributed by atoms with Crippen LogP contribution in [0.3, 0.4) is 0 Å². The smallest absolute Gasteiger partial charge is 0.277 e. The van der Waals surface area contributed by atoms with Crippen LogP contribution in [-0.2, 0) is 13.2 Å². The molecule has 0 saturated carbocycles. The normalized spacial score (nSPS) is 10.9. The summed E-state index contributed by atoms with van der Waals surface area (Å²) in [5, 5.41) is 15.9. The number of nitrogens with one attached hydrogen (secondary N) is 2. The molecular formula is C23H22ClN5O3. The molecule has 4 N–H and O–H groups in total. The molecule has 9 heteroatoms. The summed E-state index contributed by atoms with van der Waals surface area (Å²) >= 11 is 5.97. The lowest BCUT2D eigenvalue weighted by Crippen LogP contribution is -2.32. The summed E-state index contributed by atoms with van der Waals surface area (Å²) in [6.07, 6.45) is 0. The van der Waals surface area contributed by atoms with Crippen LogP contribution in [0.1, 0.15) is 21.6 Å². The number of carbonyl (C=O) groups excluding carboxylic acids is 1. The number of amides is 1. The highest BCUT2D eigenvalue weighted by atomic mass is 35.5. The zero-order chi connectivity index (χ0) is 22.3. The van der Waals surface area contributed by atoms with Gasteiger partial charge in [0.25, 0.3) is 5.91 Å². The van der Waals surface area contributed by atoms with Gasteiger partial charge in [-0.2, -0.15) is 0 Å². The fourth-order valence-electron chi connectivity index (χ4n) is 3.29. The second-order valence-corrected chi connectivity index (χ2v) is 7.55. The van der Waals surface area contributed by atoms with Crippen LogP contribution in [0.25, 0.3) is 10.8 Å². The van der Waals surface area contributed by atoms with Crippen molar-refractivity contribution in [2.24, 2.45) is 0 Å². The van der Waals surface area contributed by atoms with Gasteiger partial charge in [-0.1, -0.05) is 54.1 Å². The number of aromatic nitrogens is 2. The number of nitrogens with two attached hydrogens (primary N) is 1. The Morgan fingerprint density at radius 2 is 1.84 bits per heavy atom. The van der Waals surface area contributed by atoms with Crippen molar-refractivity contribution in [1.29, 1.82) is 0 Å². The van der Waals surface area contributed by atoms with Gasteiger partial charge in [0, 0.05) is 30.2 Å². The van der Waals surface area contributed by atoms with Gasteiger partial charge in [-0.05, 0) is 44.8 Å². The summed E-state index contributed by atoms with van der Waals surface area (Å²) in [7, 11) is 0. The lowest BCUT2D eigenvalue weighted by atomic mass is 10.0. The Balaban J connectivity index is 1.39. The molecule has 0 aliphatic rings. The molecule has 0 saturated heterocycles. The first kappa shape index (κ1) is 21.6. The van der Waals surface area contributed by atoms with E-state index in [0.29, 0.717) is 31.3 Å². The molecule has 3 aromatic carbocycles. The molecule has 1 amide bonds. The molecule has 4 aromatic rings. The Hall–Kier alpha value is -3.62. The molecule has 0 aliphatic heterocycles. The summed E-state index contributed by atoms with van der Waals surface area (Å²) in [4.78, 5) is 12.0. The third-order valence-corrected chi connectivity index (χ3v) is 5.18. The molecule has 0 unspecified atom stereocenters. The number of ether oxygens (including phenoxy) is 1. The standard InChI is InChI=1S/C23H22ClN5O3/c24-17-8-5-15(6-9-17)14-31-20-10-7-16-3-1-2-4-18(16)19(20)13-26-11-12-27-23(30)21-22(25)29-32-28-21/h1-10,26H,11-14H2,(H2,25,29)(H,27,30). The number of rotatable bonds is 9. The van der Waals surface area contributed by atoms with E-state index in [1.807, 2.05) is 48.5 Å². The second-order valence-electron chi connectivity index (χ2n) is 7.11. The number of fused-ring (bicyclic) bond motifs is 1. The van der Waals surface area contributed by atoms with Crippen LogP contribution in [0, 0.1) is 0 Å². The van der Waals surface area contributed by atoms with Gasteiger partial charge in [0.05, 0.1) is 0 Å². The zero-order valence-corrected chi connectivity index (χ0v) is 17.9. The molecule has 0 spiro atoms. The van der Waals surface area contributed by atoms with E-state index < -0.39 is 5.91 Å². The number of hydrogen-bond donors (Lipinski definition) is 3. The van der Waals surface area contributed by atoms with Crippen molar-refractivity contribution in [3.8, 4) is 5.75 Å². The topological polar surface area (TPSA) is 115 Å². The molecule has 1 heterocycles. The third-order valence-electron chi connectivity index (χ3n) is 4.92. The average molecular weight is 452 g/mol. The van der Waals surface area contributed by atoms with Crippen LogP contribution >= 0.6 is 11.6 Å². The molecule has 164 valence electrons. The van der Waals surface area contributed by atoms with E-state index >= 15 is 0 Å². The van der Waals surface area contributed by atoms with Gasteiger partial charge in [0.2, 0.25) is 11.5 Å². The summed E-state index contributed by atoms with van der Waals surface area (Å²) in [5.41, 5.74) is 7.60. The van der Waals surface area contributed by atoms with Crippen molar-refractivity contribution in [2.75, 3.05) is 18.8 Å². The molecule has 0 fully saturated rings. The molecule has 0 aliphatic carbocycles. The predicted molar refractivity (Wildman–Crippen MR) is 122 cm³/mol. The fraction of sp³-hybridized carbons (Fsp3) is 0.174. The van der Waals surface area contributed by atoms with Crippen LogP contribution in [0.2, 0.25) is 5.02 Å². The molecule has 4 rings (SSSR count). The van der Waals surface area contributed by atoms with Crippen LogP contribution in [-0.4, -0.2) is 29.3 Å². The summed E-state index contributed by atoms with van der Waals surface area (Å²) in [5.74, 6) is 0.341. The summed E-state index contributed by atoms with van der Waals surface area (Å²) in [6, 6.07) is 19.8. The van der Waals surface area contributed by atoms with Gasteiger partial charge in [0.1, 0.15) is 12.4 Å². The fourth-order valence-corrected chi connectivity index (χ4v) is 3.42. The summed E-state index contributed by atoms with van der Waals surface area (Å²) in [6.45, 7) is 1.93. The second kappa shape index (κ2) is 10.1. The van der Waals surface area contributed by atoms with Crippen molar-refractivity contribution in [2.45, 2.75) is 13.2 Å². The van der Waals surface area contributed by atoms with Crippen molar-refractivity contribution in [3.63, 3.8) is 0 Å². The minimum absolute atomic E-state index is 0.0167. The number of anilines is 1. The first-order chi connectivity index (χ1) is 15.6. The molecule has 0 radical (unpaired) electrons. The van der Waals surface area contributed by atoms with Gasteiger partial charge in [0.15, 0.2) is 0 Å². The van der Waals surface area contributed by atoms with Gasteiger partial charge >= 0.3 is 0 Å². The number of nitrogen functional groups attached to an aromatic ring is 1. The number of carbonyl (C=O) groups is 1. The predicted octanol–water partition coefficient (Wildman–Crippen LogP) is 3.56. The minimum atomic E-state index is -0.428. The summed E-state index contributed by atoms with van der Waals surface area (Å²) < 4.78 is 10.6. The number of hydrogen-bond acceptors (Lipinski definition) is 7. The molecule has 0 bridgehead atoms. The van der Waals surface area contributed by atoms with E-state index in [9.17, 15) is 4.79 Å². The van der Waals surface area contributed by atoms with Gasteiger partial charge in [-0.15, -0.1) is 0 Å². The highest BCUT2D eigenvalue weighted by molar-refractivity contribution is 6.30. The van der Waals surface area contributed by atoms with E-state index in [2.05, 4.69) is 37.7 Å². The highest BCUT2D eigenvalue weighted by Crippen LogP contribution is 2.29. The first-order valence-electron chi connectivity index (χ1n) is 10.1. The van der Waals surface area contributed by atoms with E-state index in [0.717, 1.165) is 27.6 Å². The van der Waals surface area contributed by atoms with Crippen molar-refractivity contribution < 1.29 is 14.2 Å². The number of halogens is 1. The monoisotopic (exact) mass is 451 g/mol. The van der Waals surface area contributed by atoms with Crippen LogP contribution in [0.5, 0.6) is 5.75 Å². The Morgan fingerprint density at radius 1 is 1.03 bits per heavy atom. The van der Waals surface area contributed by atoms with Crippen LogP contribution in [0.4, 0.5) is 5.82 Å². The Morgan fingerprint density at radius 3 is 2.62 bits per heavy atom. The van der Waals surface area contributed by atoms with Gasteiger partial charge < -0.3 is 21.1 Å². The van der Waals surface area contributed by atoms with E-state index in [1.165, 1.54) is 0 Å². The Bertz CT molecular complexity index is 1210. The quantitative estimate of drug-likeness (QED) is 0.333. The largest absolute Gasteiger partial charge is 0.489 e. The molecule has 0 atom stereocenters. The first-order valence-corrected chi connectivity index (χ1v) is 10.4. The SMILES string of the molecule is Nc1nonc1C(=O)NCCNCc1c(OCc2ccc(Cl)cc2)ccc2ccccc12. The third kappa shape index (κ3) is 5.16. The number of benzene rings is 3. The van der Waals surface area contributed by atoms with Crippen molar-refractivity contribution >= 4 is 34.1 Å². The maximum absolute atomic E-state index is 12.0. The molecule has 32 heavy (non-hydrogen) atoms. The van der Waals surface area contributed by atoms with Crippen molar-refractivity contribution in [3.05, 3.63) is 82.5 Å². The maximum Gasteiger partial charge on any atom is 0.277 e.